The molecule has 7 heteroatoms. The summed E-state index contributed by atoms with van der Waals surface area (Å²) in [7, 11) is 1.81. The molecule has 0 spiro atoms. The number of nitrogens with zero attached hydrogens (tertiary/aromatic N) is 3. The molecule has 0 unspecified atom stereocenters. The summed E-state index contributed by atoms with van der Waals surface area (Å²) in [5.41, 5.74) is 1.08. The zero-order valence-corrected chi connectivity index (χ0v) is 12.5. The van der Waals surface area contributed by atoms with Crippen molar-refractivity contribution >= 4 is 45.2 Å². The summed E-state index contributed by atoms with van der Waals surface area (Å²) in [6.07, 6.45) is 5.16. The molecule has 106 valence electrons. The Bertz CT molecular complexity index is 911. The number of halogens is 2. The maximum atomic E-state index is 12.1. The van der Waals surface area contributed by atoms with Crippen LogP contribution in [0.2, 0.25) is 5.02 Å². The Kier molecular flexibility index (Phi) is 3.53. The zero-order chi connectivity index (χ0) is 15.0. The molecule has 5 nitrogen and oxygen atoms in total. The molecule has 3 rings (SSSR count). The highest BCUT2D eigenvalue weighted by Gasteiger charge is 2.07. The van der Waals surface area contributed by atoms with E-state index in [2.05, 4.69) is 15.1 Å². The van der Waals surface area contributed by atoms with E-state index in [1.807, 2.05) is 7.05 Å². The van der Waals surface area contributed by atoms with Crippen LogP contribution in [0.4, 0.5) is 0 Å². The Morgan fingerprint density at radius 3 is 2.95 bits per heavy atom. The number of H-pyrrole nitrogens is 1. The van der Waals surface area contributed by atoms with Gasteiger partial charge in [0.1, 0.15) is 0 Å². The van der Waals surface area contributed by atoms with Crippen molar-refractivity contribution in [2.24, 2.45) is 7.05 Å². The van der Waals surface area contributed by atoms with Crippen molar-refractivity contribution in [3.63, 3.8) is 0 Å². The number of hydrogen-bond donors (Lipinski definition) is 1. The van der Waals surface area contributed by atoms with Crippen LogP contribution in [-0.4, -0.2) is 19.7 Å². The second kappa shape index (κ2) is 5.35. The lowest BCUT2D eigenvalue weighted by Gasteiger charge is -2.02. The largest absolute Gasteiger partial charge is 0.305 e. The fourth-order valence-electron chi connectivity index (χ4n) is 1.95. The van der Waals surface area contributed by atoms with Crippen molar-refractivity contribution in [1.29, 1.82) is 0 Å². The number of hydrogen-bond acceptors (Lipinski definition) is 3. The zero-order valence-electron chi connectivity index (χ0n) is 11.0. The van der Waals surface area contributed by atoms with E-state index >= 15 is 0 Å². The highest BCUT2D eigenvalue weighted by atomic mass is 35.5. The molecule has 0 atom stereocenters. The Labute approximate surface area is 129 Å². The van der Waals surface area contributed by atoms with Gasteiger partial charge in [0.2, 0.25) is 0 Å². The third kappa shape index (κ3) is 2.84. The van der Waals surface area contributed by atoms with Gasteiger partial charge in [-0.25, -0.2) is 4.98 Å². The first-order valence-corrected chi connectivity index (χ1v) is 6.84. The minimum atomic E-state index is -0.282. The molecule has 1 N–H and O–H groups in total. The van der Waals surface area contributed by atoms with Gasteiger partial charge in [0.05, 0.1) is 22.1 Å². The van der Waals surface area contributed by atoms with E-state index in [0.717, 1.165) is 5.56 Å². The first-order chi connectivity index (χ1) is 10.0. The van der Waals surface area contributed by atoms with Gasteiger partial charge in [-0.2, -0.15) is 5.10 Å². The number of aromatic amines is 1. The van der Waals surface area contributed by atoms with Crippen molar-refractivity contribution < 1.29 is 0 Å². The van der Waals surface area contributed by atoms with Crippen LogP contribution in [0.15, 0.2) is 35.4 Å². The average Bonchev–Trinajstić information content (AvgIpc) is 2.84. The number of aromatic nitrogens is 4. The van der Waals surface area contributed by atoms with E-state index in [4.69, 9.17) is 23.2 Å². The molecule has 0 aliphatic heterocycles. The number of benzene rings is 1. The topological polar surface area (TPSA) is 63.6 Å². The standard InChI is InChI=1S/C14H10Cl2N4O/c1-20-7-8(6-17-20)4-11(16)13-18-12-3-2-9(15)5-10(12)14(21)19-13/h2-7H,1H3,(H,18,19,21)/b11-4-. The van der Waals surface area contributed by atoms with Gasteiger partial charge in [0, 0.05) is 23.8 Å². The van der Waals surface area contributed by atoms with Crippen molar-refractivity contribution in [2.45, 2.75) is 0 Å². The average molecular weight is 321 g/mol. The van der Waals surface area contributed by atoms with Gasteiger partial charge in [-0.05, 0) is 24.3 Å². The summed E-state index contributed by atoms with van der Waals surface area (Å²) in [5.74, 6) is 0.306. The second-order valence-electron chi connectivity index (χ2n) is 4.52. The molecule has 0 aliphatic rings. The lowest BCUT2D eigenvalue weighted by molar-refractivity contribution is 0.767. The lowest BCUT2D eigenvalue weighted by Crippen LogP contribution is -2.10. The molecule has 0 aliphatic carbocycles. The van der Waals surface area contributed by atoms with E-state index in [0.29, 0.717) is 26.8 Å². The first kappa shape index (κ1) is 13.9. The van der Waals surface area contributed by atoms with Gasteiger partial charge in [0.15, 0.2) is 5.82 Å². The van der Waals surface area contributed by atoms with Crippen LogP contribution in [-0.2, 0) is 7.05 Å². The third-order valence-electron chi connectivity index (χ3n) is 2.91. The molecule has 0 amide bonds. The summed E-state index contributed by atoms with van der Waals surface area (Å²) in [4.78, 5) is 19.0. The molecule has 0 saturated heterocycles. The minimum absolute atomic E-state index is 0.282. The predicted molar refractivity (Wildman–Crippen MR) is 84.3 cm³/mol. The molecule has 2 heterocycles. The molecule has 2 aromatic heterocycles. The predicted octanol–water partition coefficient (Wildman–Crippen LogP) is 3.05. The summed E-state index contributed by atoms with van der Waals surface area (Å²) in [6.45, 7) is 0. The Morgan fingerprint density at radius 1 is 1.43 bits per heavy atom. The highest BCUT2D eigenvalue weighted by molar-refractivity contribution is 6.50. The lowest BCUT2D eigenvalue weighted by atomic mass is 10.2. The maximum absolute atomic E-state index is 12.1. The van der Waals surface area contributed by atoms with E-state index < -0.39 is 0 Å². The number of nitrogens with one attached hydrogen (secondary N) is 1. The highest BCUT2D eigenvalue weighted by Crippen LogP contribution is 2.20. The fourth-order valence-corrected chi connectivity index (χ4v) is 2.34. The van der Waals surface area contributed by atoms with Crippen LogP contribution in [0.3, 0.4) is 0 Å². The Morgan fingerprint density at radius 2 is 2.24 bits per heavy atom. The Balaban J connectivity index is 2.10. The van der Waals surface area contributed by atoms with E-state index in [9.17, 15) is 4.79 Å². The molecule has 3 aromatic rings. The van der Waals surface area contributed by atoms with Crippen molar-refractivity contribution in [3.8, 4) is 0 Å². The van der Waals surface area contributed by atoms with Crippen LogP contribution in [0.5, 0.6) is 0 Å². The van der Waals surface area contributed by atoms with Gasteiger partial charge < -0.3 is 4.98 Å². The van der Waals surface area contributed by atoms with E-state index in [1.165, 1.54) is 0 Å². The minimum Gasteiger partial charge on any atom is -0.305 e. The van der Waals surface area contributed by atoms with Crippen LogP contribution in [0.1, 0.15) is 11.4 Å². The van der Waals surface area contributed by atoms with Gasteiger partial charge in [-0.3, -0.25) is 9.48 Å². The molecule has 21 heavy (non-hydrogen) atoms. The fraction of sp³-hybridized carbons (Fsp3) is 0.0714. The number of rotatable bonds is 2. The number of fused-ring (bicyclic) bond motifs is 1. The van der Waals surface area contributed by atoms with Crippen molar-refractivity contribution in [2.75, 3.05) is 0 Å². The summed E-state index contributed by atoms with van der Waals surface area (Å²) in [6, 6.07) is 4.94. The van der Waals surface area contributed by atoms with Crippen molar-refractivity contribution in [1.82, 2.24) is 19.7 Å². The van der Waals surface area contributed by atoms with Crippen LogP contribution >= 0.6 is 23.2 Å². The van der Waals surface area contributed by atoms with Crippen LogP contribution < -0.4 is 5.56 Å². The van der Waals surface area contributed by atoms with Crippen molar-refractivity contribution in [3.05, 3.63) is 57.4 Å². The van der Waals surface area contributed by atoms with E-state index in [1.54, 1.807) is 41.4 Å². The van der Waals surface area contributed by atoms with Gasteiger partial charge >= 0.3 is 0 Å². The monoisotopic (exact) mass is 320 g/mol. The molecule has 0 fully saturated rings. The molecule has 1 aromatic carbocycles. The summed E-state index contributed by atoms with van der Waals surface area (Å²) in [5, 5.41) is 5.29. The Hall–Kier alpha value is -2.11. The number of aryl methyl sites for hydroxylation is 1. The SMILES string of the molecule is Cn1cc(/C=C(\Cl)c2nc3ccc(Cl)cc3c(=O)[nH]2)cn1. The maximum Gasteiger partial charge on any atom is 0.259 e. The molecular formula is C14H10Cl2N4O. The van der Waals surface area contributed by atoms with Crippen LogP contribution in [0, 0.1) is 0 Å². The smallest absolute Gasteiger partial charge is 0.259 e. The molecular weight excluding hydrogens is 311 g/mol. The molecule has 0 bridgehead atoms. The van der Waals surface area contributed by atoms with Gasteiger partial charge in [-0.15, -0.1) is 0 Å². The van der Waals surface area contributed by atoms with Gasteiger partial charge in [-0.1, -0.05) is 23.2 Å². The van der Waals surface area contributed by atoms with Gasteiger partial charge in [0.25, 0.3) is 5.56 Å². The molecule has 0 saturated carbocycles. The van der Waals surface area contributed by atoms with E-state index in [-0.39, 0.29) is 5.56 Å². The second-order valence-corrected chi connectivity index (χ2v) is 5.36. The molecule has 0 radical (unpaired) electrons. The van der Waals surface area contributed by atoms with Crippen LogP contribution in [0.25, 0.3) is 22.0 Å². The normalized spacial score (nSPS) is 12.0. The summed E-state index contributed by atoms with van der Waals surface area (Å²) >= 11 is 12.1. The first-order valence-electron chi connectivity index (χ1n) is 6.09. The third-order valence-corrected chi connectivity index (χ3v) is 3.44. The quantitative estimate of drug-likeness (QED) is 0.789. The summed E-state index contributed by atoms with van der Waals surface area (Å²) < 4.78 is 1.66.